The van der Waals surface area contributed by atoms with Crippen LogP contribution in [0.15, 0.2) is 12.2 Å². The summed E-state index contributed by atoms with van der Waals surface area (Å²) in [6, 6.07) is 0. The fourth-order valence-electron chi connectivity index (χ4n) is 4.23. The third-order valence-electron chi connectivity index (χ3n) is 6.76. The van der Waals surface area contributed by atoms with Gasteiger partial charge in [-0.2, -0.15) is 0 Å². The van der Waals surface area contributed by atoms with Crippen LogP contribution < -0.4 is 0 Å². The summed E-state index contributed by atoms with van der Waals surface area (Å²) in [5.74, 6) is -0.937. The zero-order valence-electron chi connectivity index (χ0n) is 26.2. The SMILES string of the molecule is C/C=C/CCCCCCCCCC(=O)O[C@H](COC(=O)CCCCCCCCCCC)COP(=O)(O)OC[C@@H](O)CO. The lowest BCUT2D eigenvalue weighted by Crippen LogP contribution is -2.29. The van der Waals surface area contributed by atoms with E-state index in [0.717, 1.165) is 44.9 Å². The molecule has 0 saturated heterocycles. The van der Waals surface area contributed by atoms with Crippen LogP contribution in [0.5, 0.6) is 0 Å². The molecule has 0 aromatic rings. The predicted octanol–water partition coefficient (Wildman–Crippen LogP) is 6.94. The highest BCUT2D eigenvalue weighted by molar-refractivity contribution is 7.47. The van der Waals surface area contributed by atoms with Gasteiger partial charge in [-0.25, -0.2) is 4.57 Å². The van der Waals surface area contributed by atoms with Crippen molar-refractivity contribution in [3.05, 3.63) is 12.2 Å². The molecule has 0 radical (unpaired) electrons. The summed E-state index contributed by atoms with van der Waals surface area (Å²) in [6.45, 7) is 2.12. The highest BCUT2D eigenvalue weighted by Crippen LogP contribution is 2.43. The van der Waals surface area contributed by atoms with Crippen molar-refractivity contribution in [3.63, 3.8) is 0 Å². The van der Waals surface area contributed by atoms with Gasteiger partial charge in [-0.15, -0.1) is 0 Å². The second kappa shape index (κ2) is 28.5. The Kier molecular flexibility index (Phi) is 27.6. The van der Waals surface area contributed by atoms with Crippen molar-refractivity contribution in [2.24, 2.45) is 0 Å². The number of esters is 2. The summed E-state index contributed by atoms with van der Waals surface area (Å²) >= 11 is 0. The second-order valence-electron chi connectivity index (χ2n) is 10.9. The minimum Gasteiger partial charge on any atom is -0.462 e. The zero-order chi connectivity index (χ0) is 31.3. The van der Waals surface area contributed by atoms with Crippen molar-refractivity contribution >= 4 is 19.8 Å². The van der Waals surface area contributed by atoms with E-state index in [4.69, 9.17) is 19.1 Å². The van der Waals surface area contributed by atoms with Crippen LogP contribution in [0.25, 0.3) is 0 Å². The van der Waals surface area contributed by atoms with E-state index in [1.807, 2.05) is 6.92 Å². The maximum Gasteiger partial charge on any atom is 0.472 e. The smallest absolute Gasteiger partial charge is 0.462 e. The topological polar surface area (TPSA) is 149 Å². The summed E-state index contributed by atoms with van der Waals surface area (Å²) < 4.78 is 32.3. The number of hydrogen-bond donors (Lipinski definition) is 3. The van der Waals surface area contributed by atoms with Crippen LogP contribution in [0.2, 0.25) is 0 Å². The van der Waals surface area contributed by atoms with Crippen LogP contribution in [0.1, 0.15) is 136 Å². The van der Waals surface area contributed by atoms with E-state index < -0.39 is 51.8 Å². The van der Waals surface area contributed by atoms with Gasteiger partial charge in [0.1, 0.15) is 12.7 Å². The van der Waals surface area contributed by atoms with Gasteiger partial charge in [0.25, 0.3) is 0 Å². The summed E-state index contributed by atoms with van der Waals surface area (Å²) in [6.07, 6.45) is 20.7. The third-order valence-corrected chi connectivity index (χ3v) is 7.72. The molecule has 0 aliphatic heterocycles. The maximum atomic E-state index is 12.4. The van der Waals surface area contributed by atoms with E-state index in [2.05, 4.69) is 23.6 Å². The predicted molar refractivity (Wildman–Crippen MR) is 164 cm³/mol. The van der Waals surface area contributed by atoms with E-state index in [0.29, 0.717) is 12.8 Å². The molecule has 0 heterocycles. The molecule has 0 bridgehead atoms. The van der Waals surface area contributed by atoms with E-state index in [1.54, 1.807) is 0 Å². The molecule has 248 valence electrons. The van der Waals surface area contributed by atoms with Gasteiger partial charge in [-0.3, -0.25) is 18.6 Å². The normalized spacial score (nSPS) is 14.5. The number of aliphatic hydroxyl groups excluding tert-OH is 2. The standard InChI is InChI=1S/C31H59O10P/c1-3-5-7-9-11-13-15-17-19-21-23-31(35)41-29(27-40-42(36,37)39-25-28(33)24-32)26-38-30(34)22-20-18-16-14-12-10-8-6-4-2/h3,5,28-29,32-33H,4,6-27H2,1-2H3,(H,36,37)/b5-3+/t28-,29+/m0/s1. The number of unbranched alkanes of at least 4 members (excludes halogenated alkanes) is 15. The van der Waals surface area contributed by atoms with E-state index in [1.165, 1.54) is 51.4 Å². The number of carbonyl (C=O) groups excluding carboxylic acids is 2. The molecule has 0 saturated carbocycles. The number of phosphoric ester groups is 1. The van der Waals surface area contributed by atoms with Gasteiger partial charge >= 0.3 is 19.8 Å². The summed E-state index contributed by atoms with van der Waals surface area (Å²) in [5.41, 5.74) is 0. The number of carbonyl (C=O) groups is 2. The first-order valence-corrected chi connectivity index (χ1v) is 17.6. The highest BCUT2D eigenvalue weighted by atomic mass is 31.2. The molecular formula is C31H59O10P. The van der Waals surface area contributed by atoms with Crippen molar-refractivity contribution in [3.8, 4) is 0 Å². The Morgan fingerprint density at radius 1 is 0.738 bits per heavy atom. The highest BCUT2D eigenvalue weighted by Gasteiger charge is 2.27. The molecule has 0 aliphatic carbocycles. The first kappa shape index (κ1) is 40.7. The lowest BCUT2D eigenvalue weighted by atomic mass is 10.1. The Labute approximate surface area is 254 Å². The Morgan fingerprint density at radius 3 is 1.79 bits per heavy atom. The number of ether oxygens (including phenoxy) is 2. The summed E-state index contributed by atoms with van der Waals surface area (Å²) in [7, 11) is -4.59. The number of allylic oxidation sites excluding steroid dienone is 2. The molecule has 0 rings (SSSR count). The molecule has 0 aliphatic rings. The molecule has 11 heteroatoms. The van der Waals surface area contributed by atoms with Gasteiger partial charge in [0.15, 0.2) is 6.10 Å². The molecule has 0 fully saturated rings. The fraction of sp³-hybridized carbons (Fsp3) is 0.871. The molecule has 3 atom stereocenters. The first-order valence-electron chi connectivity index (χ1n) is 16.1. The van der Waals surface area contributed by atoms with Crippen LogP contribution in [-0.4, -0.2) is 65.7 Å². The lowest BCUT2D eigenvalue weighted by molar-refractivity contribution is -0.161. The van der Waals surface area contributed by atoms with Crippen LogP contribution in [-0.2, 0) is 32.7 Å². The number of rotatable bonds is 30. The Morgan fingerprint density at radius 2 is 1.24 bits per heavy atom. The average Bonchev–Trinajstić information content (AvgIpc) is 2.97. The Hall–Kier alpha value is -1.29. The van der Waals surface area contributed by atoms with Crippen LogP contribution in [0.4, 0.5) is 0 Å². The molecular weight excluding hydrogens is 563 g/mol. The minimum absolute atomic E-state index is 0.181. The molecule has 0 aromatic heterocycles. The second-order valence-corrected chi connectivity index (χ2v) is 12.3. The van der Waals surface area contributed by atoms with Gasteiger partial charge in [-0.1, -0.05) is 103 Å². The molecule has 1 unspecified atom stereocenters. The lowest BCUT2D eigenvalue weighted by Gasteiger charge is -2.20. The third kappa shape index (κ3) is 27.5. The summed E-state index contributed by atoms with van der Waals surface area (Å²) in [5, 5.41) is 18.2. The van der Waals surface area contributed by atoms with E-state index in [-0.39, 0.29) is 19.4 Å². The van der Waals surface area contributed by atoms with Crippen molar-refractivity contribution < 1.29 is 47.8 Å². The molecule has 10 nitrogen and oxygen atoms in total. The van der Waals surface area contributed by atoms with Gasteiger partial charge in [0.05, 0.1) is 19.8 Å². The van der Waals surface area contributed by atoms with Crippen LogP contribution in [0.3, 0.4) is 0 Å². The quantitative estimate of drug-likeness (QED) is 0.0333. The molecule has 0 aromatic carbocycles. The largest absolute Gasteiger partial charge is 0.472 e. The molecule has 42 heavy (non-hydrogen) atoms. The molecule has 3 N–H and O–H groups in total. The van der Waals surface area contributed by atoms with Crippen molar-refractivity contribution in [2.75, 3.05) is 26.4 Å². The molecule has 0 spiro atoms. The van der Waals surface area contributed by atoms with Crippen LogP contribution >= 0.6 is 7.82 Å². The van der Waals surface area contributed by atoms with Crippen molar-refractivity contribution in [1.82, 2.24) is 0 Å². The first-order chi connectivity index (χ1) is 20.2. The van der Waals surface area contributed by atoms with Gasteiger partial charge in [0, 0.05) is 12.8 Å². The Bertz CT molecular complexity index is 731. The van der Waals surface area contributed by atoms with Gasteiger partial charge in [0.2, 0.25) is 0 Å². The van der Waals surface area contributed by atoms with Crippen molar-refractivity contribution in [2.45, 2.75) is 148 Å². The minimum atomic E-state index is -4.59. The number of aliphatic hydroxyl groups is 2. The van der Waals surface area contributed by atoms with Gasteiger partial charge < -0.3 is 24.6 Å². The summed E-state index contributed by atoms with van der Waals surface area (Å²) in [4.78, 5) is 34.5. The molecule has 0 amide bonds. The monoisotopic (exact) mass is 622 g/mol. The average molecular weight is 623 g/mol. The van der Waals surface area contributed by atoms with Crippen molar-refractivity contribution in [1.29, 1.82) is 0 Å². The number of phosphoric acid groups is 1. The van der Waals surface area contributed by atoms with Crippen LogP contribution in [0, 0.1) is 0 Å². The maximum absolute atomic E-state index is 12.4. The Balaban J connectivity index is 4.46. The zero-order valence-corrected chi connectivity index (χ0v) is 27.1. The van der Waals surface area contributed by atoms with E-state index in [9.17, 15) is 24.2 Å². The van der Waals surface area contributed by atoms with Gasteiger partial charge in [-0.05, 0) is 32.6 Å². The fourth-order valence-corrected chi connectivity index (χ4v) is 5.02. The van der Waals surface area contributed by atoms with E-state index >= 15 is 0 Å². The number of hydrogen-bond acceptors (Lipinski definition) is 9.